The molecular weight excluding hydrogens is 260 g/mol. The van der Waals surface area contributed by atoms with E-state index in [1.165, 1.54) is 22.9 Å². The van der Waals surface area contributed by atoms with E-state index in [4.69, 9.17) is 4.42 Å². The van der Waals surface area contributed by atoms with Gasteiger partial charge in [0.15, 0.2) is 0 Å². The third-order valence-corrected chi connectivity index (χ3v) is 4.35. The zero-order valence-electron chi connectivity index (χ0n) is 12.1. The molecule has 1 unspecified atom stereocenters. The molecule has 0 aliphatic heterocycles. The monoisotopic (exact) mass is 278 g/mol. The summed E-state index contributed by atoms with van der Waals surface area (Å²) in [7, 11) is 0. The molecule has 1 aliphatic carbocycles. The van der Waals surface area contributed by atoms with Crippen molar-refractivity contribution in [2.45, 2.75) is 32.2 Å². The quantitative estimate of drug-likeness (QED) is 0.743. The van der Waals surface area contributed by atoms with E-state index >= 15 is 0 Å². The molecule has 0 spiro atoms. The summed E-state index contributed by atoms with van der Waals surface area (Å²) in [5.74, 6) is 1.13. The predicted molar refractivity (Wildman–Crippen MR) is 84.5 cm³/mol. The summed E-state index contributed by atoms with van der Waals surface area (Å²) in [6.45, 7) is 2.11. The van der Waals surface area contributed by atoms with E-state index in [2.05, 4.69) is 41.5 Å². The minimum absolute atomic E-state index is 0.332. The molecule has 2 aromatic heterocycles. The minimum atomic E-state index is 0.332. The summed E-state index contributed by atoms with van der Waals surface area (Å²) in [6, 6.07) is 10.9. The highest BCUT2D eigenvalue weighted by Gasteiger charge is 2.22. The Balaban J connectivity index is 1.75. The van der Waals surface area contributed by atoms with Gasteiger partial charge in [0.1, 0.15) is 5.76 Å². The number of rotatable bonds is 2. The molecule has 0 radical (unpaired) electrons. The summed E-state index contributed by atoms with van der Waals surface area (Å²) in [5, 5.41) is 4.88. The van der Waals surface area contributed by atoms with Gasteiger partial charge < -0.3 is 9.73 Å². The van der Waals surface area contributed by atoms with Crippen molar-refractivity contribution in [3.63, 3.8) is 0 Å². The number of aromatic nitrogens is 1. The van der Waals surface area contributed by atoms with Crippen LogP contribution in [0.2, 0.25) is 0 Å². The smallest absolute Gasteiger partial charge is 0.109 e. The van der Waals surface area contributed by atoms with Crippen LogP contribution in [0.4, 0.5) is 5.69 Å². The third kappa shape index (κ3) is 2.09. The molecule has 0 saturated heterocycles. The van der Waals surface area contributed by atoms with Gasteiger partial charge in [-0.2, -0.15) is 0 Å². The average Bonchev–Trinajstić information content (AvgIpc) is 3.00. The number of hydrogen-bond donors (Lipinski definition) is 1. The van der Waals surface area contributed by atoms with E-state index in [0.717, 1.165) is 29.8 Å². The van der Waals surface area contributed by atoms with Crippen molar-refractivity contribution >= 4 is 16.6 Å². The topological polar surface area (TPSA) is 38.1 Å². The number of benzene rings is 1. The molecule has 1 atom stereocenters. The Morgan fingerprint density at radius 2 is 2.19 bits per heavy atom. The molecule has 3 heteroatoms. The van der Waals surface area contributed by atoms with Crippen molar-refractivity contribution in [2.75, 3.05) is 5.32 Å². The number of anilines is 1. The van der Waals surface area contributed by atoms with Crippen LogP contribution in [0.25, 0.3) is 10.9 Å². The van der Waals surface area contributed by atoms with Crippen LogP contribution in [0, 0.1) is 6.92 Å². The fourth-order valence-electron chi connectivity index (χ4n) is 3.26. The van der Waals surface area contributed by atoms with Crippen molar-refractivity contribution < 1.29 is 4.42 Å². The van der Waals surface area contributed by atoms with Crippen molar-refractivity contribution in [3.05, 3.63) is 59.7 Å². The first-order chi connectivity index (χ1) is 10.3. The van der Waals surface area contributed by atoms with Gasteiger partial charge in [0.2, 0.25) is 0 Å². The number of nitrogens with zero attached hydrogens (tertiary/aromatic N) is 1. The van der Waals surface area contributed by atoms with E-state index in [-0.39, 0.29) is 0 Å². The second kappa shape index (κ2) is 4.92. The first kappa shape index (κ1) is 12.5. The fourth-order valence-corrected chi connectivity index (χ4v) is 3.26. The first-order valence-electron chi connectivity index (χ1n) is 7.50. The highest BCUT2D eigenvalue weighted by atomic mass is 16.3. The van der Waals surface area contributed by atoms with Gasteiger partial charge in [0.25, 0.3) is 0 Å². The van der Waals surface area contributed by atoms with Crippen LogP contribution in [0.15, 0.2) is 47.2 Å². The van der Waals surface area contributed by atoms with Crippen LogP contribution in [0.1, 0.15) is 35.8 Å². The molecule has 1 N–H and O–H groups in total. The number of furan rings is 1. The molecule has 1 aliphatic rings. The normalized spacial score (nSPS) is 17.7. The number of pyridine rings is 1. The van der Waals surface area contributed by atoms with Crippen molar-refractivity contribution in [2.24, 2.45) is 0 Å². The summed E-state index contributed by atoms with van der Waals surface area (Å²) >= 11 is 0. The van der Waals surface area contributed by atoms with Gasteiger partial charge >= 0.3 is 0 Å². The van der Waals surface area contributed by atoms with Crippen molar-refractivity contribution in [1.29, 1.82) is 0 Å². The highest BCUT2D eigenvalue weighted by molar-refractivity contribution is 5.93. The largest absolute Gasteiger partial charge is 0.469 e. The molecule has 0 saturated carbocycles. The standard InChI is InChI=1S/C18H18N2O/c1-12-7-8-16(14-4-3-10-19-18(12)14)20-15-5-2-6-17-13(15)9-11-21-17/h3-4,7-11,15,20H,2,5-6H2,1H3. The molecule has 1 aromatic carbocycles. The molecule has 0 bridgehead atoms. The Morgan fingerprint density at radius 1 is 1.24 bits per heavy atom. The number of aryl methyl sites for hydroxylation is 2. The predicted octanol–water partition coefficient (Wildman–Crippen LogP) is 4.63. The molecule has 2 heterocycles. The summed E-state index contributed by atoms with van der Waals surface area (Å²) in [6.07, 6.45) is 7.02. The number of hydrogen-bond acceptors (Lipinski definition) is 3. The van der Waals surface area contributed by atoms with Crippen LogP contribution < -0.4 is 5.32 Å². The summed E-state index contributed by atoms with van der Waals surface area (Å²) in [5.41, 5.74) is 4.75. The maximum absolute atomic E-state index is 5.58. The lowest BCUT2D eigenvalue weighted by Crippen LogP contribution is -2.16. The van der Waals surface area contributed by atoms with Gasteiger partial charge in [-0.1, -0.05) is 6.07 Å². The molecule has 0 fully saturated rings. The minimum Gasteiger partial charge on any atom is -0.469 e. The van der Waals surface area contributed by atoms with E-state index in [1.54, 1.807) is 6.26 Å². The molecule has 4 rings (SSSR count). The maximum atomic E-state index is 5.58. The zero-order valence-corrected chi connectivity index (χ0v) is 12.1. The molecule has 106 valence electrons. The molecular formula is C18H18N2O. The third-order valence-electron chi connectivity index (χ3n) is 4.35. The van der Waals surface area contributed by atoms with Crippen molar-refractivity contribution in [1.82, 2.24) is 4.98 Å². The fraction of sp³-hybridized carbons (Fsp3) is 0.278. The molecule has 21 heavy (non-hydrogen) atoms. The van der Waals surface area contributed by atoms with Gasteiger partial charge in [-0.25, -0.2) is 0 Å². The highest BCUT2D eigenvalue weighted by Crippen LogP contribution is 2.35. The van der Waals surface area contributed by atoms with E-state index in [0.29, 0.717) is 6.04 Å². The van der Waals surface area contributed by atoms with E-state index in [9.17, 15) is 0 Å². The second-order valence-electron chi connectivity index (χ2n) is 5.72. The lowest BCUT2D eigenvalue weighted by atomic mass is 9.93. The Hall–Kier alpha value is -2.29. The van der Waals surface area contributed by atoms with Gasteiger partial charge in [-0.15, -0.1) is 0 Å². The Morgan fingerprint density at radius 3 is 3.14 bits per heavy atom. The van der Waals surface area contributed by atoms with Crippen LogP contribution in [-0.2, 0) is 6.42 Å². The van der Waals surface area contributed by atoms with Gasteiger partial charge in [0, 0.05) is 29.3 Å². The lowest BCUT2D eigenvalue weighted by molar-refractivity contribution is 0.461. The maximum Gasteiger partial charge on any atom is 0.109 e. The molecule has 0 amide bonds. The first-order valence-corrected chi connectivity index (χ1v) is 7.50. The van der Waals surface area contributed by atoms with Crippen molar-refractivity contribution in [3.8, 4) is 0 Å². The van der Waals surface area contributed by atoms with Crippen LogP contribution in [0.5, 0.6) is 0 Å². The molecule has 3 nitrogen and oxygen atoms in total. The Labute approximate surface area is 124 Å². The average molecular weight is 278 g/mol. The van der Waals surface area contributed by atoms with Crippen LogP contribution >= 0.6 is 0 Å². The second-order valence-corrected chi connectivity index (χ2v) is 5.72. The lowest BCUT2D eigenvalue weighted by Gasteiger charge is -2.24. The van der Waals surface area contributed by atoms with Crippen LogP contribution in [0.3, 0.4) is 0 Å². The SMILES string of the molecule is Cc1ccc(NC2CCCc3occc32)c2cccnc12. The van der Waals surface area contributed by atoms with E-state index in [1.807, 2.05) is 12.3 Å². The number of fused-ring (bicyclic) bond motifs is 2. The van der Waals surface area contributed by atoms with E-state index < -0.39 is 0 Å². The van der Waals surface area contributed by atoms with Gasteiger partial charge in [0.05, 0.1) is 17.8 Å². The van der Waals surface area contributed by atoms with Crippen LogP contribution in [-0.4, -0.2) is 4.98 Å². The Bertz CT molecular complexity index is 791. The van der Waals surface area contributed by atoms with Gasteiger partial charge in [-0.3, -0.25) is 4.98 Å². The summed E-state index contributed by atoms with van der Waals surface area (Å²) in [4.78, 5) is 4.51. The summed E-state index contributed by atoms with van der Waals surface area (Å²) < 4.78 is 5.58. The zero-order chi connectivity index (χ0) is 14.2. The number of nitrogens with one attached hydrogen (secondary N) is 1. The van der Waals surface area contributed by atoms with Gasteiger partial charge in [-0.05, 0) is 49.6 Å². The molecule has 3 aromatic rings. The Kier molecular flexibility index (Phi) is 2.92.